The Morgan fingerprint density at radius 1 is 1.42 bits per heavy atom. The number of hydrogen-bond acceptors (Lipinski definition) is 1. The monoisotopic (exact) mass is 232 g/mol. The molecule has 66 valence electrons. The summed E-state index contributed by atoms with van der Waals surface area (Å²) in [6.45, 7) is 3.81. The zero-order chi connectivity index (χ0) is 9.30. The quantitative estimate of drug-likeness (QED) is 0.787. The fourth-order valence-electron chi connectivity index (χ4n) is 0.994. The maximum absolute atomic E-state index is 13.1. The van der Waals surface area contributed by atoms with Crippen molar-refractivity contribution in [2.75, 3.05) is 0 Å². The number of halogens is 2. The zero-order valence-electron chi connectivity index (χ0n) is 6.94. The van der Waals surface area contributed by atoms with Gasteiger partial charge in [-0.1, -0.05) is 13.8 Å². The first-order valence-corrected chi connectivity index (χ1v) is 4.49. The van der Waals surface area contributed by atoms with Gasteiger partial charge in [0.25, 0.3) is 0 Å². The summed E-state index contributed by atoms with van der Waals surface area (Å²) in [4.78, 5) is 0. The Labute approximate surface area is 79.4 Å². The van der Waals surface area contributed by atoms with Gasteiger partial charge in [0.1, 0.15) is 11.6 Å². The highest BCUT2D eigenvalue weighted by atomic mass is 79.9. The molecule has 0 atom stereocenters. The summed E-state index contributed by atoms with van der Waals surface area (Å²) in [5, 5.41) is 9.12. The molecule has 1 aromatic rings. The molecule has 0 spiro atoms. The van der Waals surface area contributed by atoms with Crippen molar-refractivity contribution < 1.29 is 9.50 Å². The molecule has 0 saturated heterocycles. The molecule has 0 fully saturated rings. The summed E-state index contributed by atoms with van der Waals surface area (Å²) in [5.41, 5.74) is 0.611. The van der Waals surface area contributed by atoms with Crippen LogP contribution in [0.2, 0.25) is 0 Å². The first-order valence-electron chi connectivity index (χ1n) is 3.70. The van der Waals surface area contributed by atoms with Crippen molar-refractivity contribution >= 4 is 15.9 Å². The first-order chi connectivity index (χ1) is 5.52. The Kier molecular flexibility index (Phi) is 2.73. The predicted octanol–water partition coefficient (Wildman–Crippen LogP) is 3.42. The number of aromatic hydroxyl groups is 1. The van der Waals surface area contributed by atoms with Crippen molar-refractivity contribution in [1.82, 2.24) is 0 Å². The Balaban J connectivity index is 3.23. The molecule has 0 heterocycles. The highest BCUT2D eigenvalue weighted by Crippen LogP contribution is 2.30. The van der Waals surface area contributed by atoms with Gasteiger partial charge in [0.2, 0.25) is 0 Å². The average molecular weight is 233 g/mol. The molecule has 0 aliphatic carbocycles. The lowest BCUT2D eigenvalue weighted by atomic mass is 10.0. The Morgan fingerprint density at radius 3 is 2.50 bits per heavy atom. The van der Waals surface area contributed by atoms with E-state index in [1.54, 1.807) is 6.07 Å². The van der Waals surface area contributed by atoms with Crippen LogP contribution in [0.1, 0.15) is 25.3 Å². The lowest BCUT2D eigenvalue weighted by Crippen LogP contribution is -1.92. The summed E-state index contributed by atoms with van der Waals surface area (Å²) >= 11 is 3.13. The third kappa shape index (κ3) is 1.78. The Morgan fingerprint density at radius 2 is 2.00 bits per heavy atom. The van der Waals surface area contributed by atoms with Crippen LogP contribution < -0.4 is 0 Å². The number of phenols is 1. The van der Waals surface area contributed by atoms with Crippen LogP contribution in [0, 0.1) is 5.82 Å². The van der Waals surface area contributed by atoms with Crippen molar-refractivity contribution in [3.63, 3.8) is 0 Å². The van der Waals surface area contributed by atoms with Gasteiger partial charge in [-0.25, -0.2) is 4.39 Å². The largest absolute Gasteiger partial charge is 0.507 e. The Hall–Kier alpha value is -0.570. The van der Waals surface area contributed by atoms with E-state index in [1.165, 1.54) is 0 Å². The summed E-state index contributed by atoms with van der Waals surface area (Å²) < 4.78 is 13.6. The summed E-state index contributed by atoms with van der Waals surface area (Å²) in [6.07, 6.45) is 0. The second-order valence-electron chi connectivity index (χ2n) is 2.98. The van der Waals surface area contributed by atoms with Crippen molar-refractivity contribution in [2.45, 2.75) is 19.8 Å². The minimum absolute atomic E-state index is 0.0584. The van der Waals surface area contributed by atoms with Gasteiger partial charge in [-0.15, -0.1) is 0 Å². The molecule has 0 radical (unpaired) electrons. The van der Waals surface area contributed by atoms with Crippen molar-refractivity contribution in [3.05, 3.63) is 28.0 Å². The molecule has 1 aromatic carbocycles. The van der Waals surface area contributed by atoms with E-state index in [4.69, 9.17) is 5.11 Å². The van der Waals surface area contributed by atoms with Crippen LogP contribution >= 0.6 is 15.9 Å². The number of rotatable bonds is 1. The second kappa shape index (κ2) is 3.44. The van der Waals surface area contributed by atoms with Gasteiger partial charge in [0.05, 0.1) is 4.47 Å². The van der Waals surface area contributed by atoms with E-state index in [9.17, 15) is 4.39 Å². The molecule has 0 aliphatic heterocycles. The van der Waals surface area contributed by atoms with E-state index in [-0.39, 0.29) is 17.5 Å². The average Bonchev–Trinajstić information content (AvgIpc) is 1.96. The number of phenolic OH excluding ortho intramolecular Hbond substituents is 1. The molecule has 0 aliphatic rings. The van der Waals surface area contributed by atoms with E-state index >= 15 is 0 Å². The molecule has 0 saturated carbocycles. The van der Waals surface area contributed by atoms with Crippen LogP contribution in [-0.4, -0.2) is 5.11 Å². The number of hydrogen-bond donors (Lipinski definition) is 1. The predicted molar refractivity (Wildman–Crippen MR) is 49.9 cm³/mol. The molecule has 1 nitrogen and oxygen atoms in total. The molecule has 0 bridgehead atoms. The molecular weight excluding hydrogens is 223 g/mol. The van der Waals surface area contributed by atoms with E-state index in [1.807, 2.05) is 13.8 Å². The summed E-state index contributed by atoms with van der Waals surface area (Å²) in [5.74, 6) is -0.287. The number of benzene rings is 1. The normalized spacial score (nSPS) is 10.8. The third-order valence-electron chi connectivity index (χ3n) is 1.69. The maximum atomic E-state index is 13.1. The van der Waals surface area contributed by atoms with Crippen LogP contribution in [0.3, 0.4) is 0 Å². The van der Waals surface area contributed by atoms with Gasteiger partial charge in [0, 0.05) is 6.07 Å². The molecule has 0 unspecified atom stereocenters. The SMILES string of the molecule is CC(C)c1cc(Br)c(O)cc1F. The van der Waals surface area contributed by atoms with E-state index in [0.717, 1.165) is 6.07 Å². The highest BCUT2D eigenvalue weighted by Gasteiger charge is 2.09. The fraction of sp³-hybridized carbons (Fsp3) is 0.333. The van der Waals surface area contributed by atoms with Crippen LogP contribution in [0.25, 0.3) is 0 Å². The zero-order valence-corrected chi connectivity index (χ0v) is 8.52. The molecule has 1 rings (SSSR count). The van der Waals surface area contributed by atoms with Gasteiger partial charge in [0.15, 0.2) is 0 Å². The summed E-state index contributed by atoms with van der Waals surface area (Å²) in [7, 11) is 0. The smallest absolute Gasteiger partial charge is 0.132 e. The van der Waals surface area contributed by atoms with E-state index in [0.29, 0.717) is 10.0 Å². The van der Waals surface area contributed by atoms with Gasteiger partial charge < -0.3 is 5.11 Å². The molecule has 0 aromatic heterocycles. The molecular formula is C9H10BrFO. The van der Waals surface area contributed by atoms with Crippen molar-refractivity contribution in [2.24, 2.45) is 0 Å². The maximum Gasteiger partial charge on any atom is 0.132 e. The van der Waals surface area contributed by atoms with Gasteiger partial charge in [-0.2, -0.15) is 0 Å². The third-order valence-corrected chi connectivity index (χ3v) is 2.32. The highest BCUT2D eigenvalue weighted by molar-refractivity contribution is 9.10. The first kappa shape index (κ1) is 9.52. The van der Waals surface area contributed by atoms with Crippen LogP contribution in [-0.2, 0) is 0 Å². The fourth-order valence-corrected chi connectivity index (χ4v) is 1.36. The van der Waals surface area contributed by atoms with Crippen LogP contribution in [0.4, 0.5) is 4.39 Å². The van der Waals surface area contributed by atoms with E-state index < -0.39 is 0 Å². The topological polar surface area (TPSA) is 20.2 Å². The van der Waals surface area contributed by atoms with E-state index in [2.05, 4.69) is 15.9 Å². The second-order valence-corrected chi connectivity index (χ2v) is 3.83. The molecule has 0 amide bonds. The standard InChI is InChI=1S/C9H10BrFO/c1-5(2)6-3-7(10)9(12)4-8(6)11/h3-5,12H,1-2H3. The lowest BCUT2D eigenvalue weighted by Gasteiger charge is -2.08. The van der Waals surface area contributed by atoms with Gasteiger partial charge in [-0.3, -0.25) is 0 Å². The summed E-state index contributed by atoms with van der Waals surface area (Å²) in [6, 6.07) is 2.73. The van der Waals surface area contributed by atoms with Crippen molar-refractivity contribution in [3.8, 4) is 5.75 Å². The lowest BCUT2D eigenvalue weighted by molar-refractivity contribution is 0.463. The minimum Gasteiger partial charge on any atom is -0.507 e. The molecule has 12 heavy (non-hydrogen) atoms. The van der Waals surface area contributed by atoms with Crippen molar-refractivity contribution in [1.29, 1.82) is 0 Å². The van der Waals surface area contributed by atoms with Gasteiger partial charge >= 0.3 is 0 Å². The molecule has 1 N–H and O–H groups in total. The van der Waals surface area contributed by atoms with Crippen LogP contribution in [0.5, 0.6) is 5.75 Å². The molecule has 3 heteroatoms. The van der Waals surface area contributed by atoms with Crippen LogP contribution in [0.15, 0.2) is 16.6 Å². The minimum atomic E-state index is -0.356. The van der Waals surface area contributed by atoms with Gasteiger partial charge in [-0.05, 0) is 33.5 Å². The Bertz CT molecular complexity index is 297.